The third-order valence-electron chi connectivity index (χ3n) is 5.90. The van der Waals surface area contributed by atoms with Crippen LogP contribution in [-0.4, -0.2) is 65.1 Å². The van der Waals surface area contributed by atoms with Crippen molar-refractivity contribution in [3.63, 3.8) is 0 Å². The third kappa shape index (κ3) is 4.94. The van der Waals surface area contributed by atoms with E-state index >= 15 is 0 Å². The molecule has 1 saturated heterocycles. The fraction of sp³-hybridized carbons (Fsp3) is 0.500. The summed E-state index contributed by atoms with van der Waals surface area (Å²) in [6.45, 7) is 6.27. The minimum Gasteiger partial charge on any atom is -0.361 e. The Balaban J connectivity index is 1.39. The average Bonchev–Trinajstić information content (AvgIpc) is 3.40. The molecule has 1 aromatic heterocycles. The van der Waals surface area contributed by atoms with Crippen LogP contribution in [0.25, 0.3) is 10.9 Å². The zero-order chi connectivity index (χ0) is 20.9. The molecule has 8 heteroatoms. The van der Waals surface area contributed by atoms with Gasteiger partial charge in [-0.1, -0.05) is 38.0 Å². The Morgan fingerprint density at radius 3 is 2.83 bits per heavy atom. The standard InChI is InChI=1S/C22H32N6OS/c1-3-4-7-18(14-17-15-23-20-9-6-5-8-19(17)20)24-22(29)28-16-21(30-25-28)27-12-10-26(2)11-13-27/h5-6,8-9,15-16,18,23,25H,3-4,7,10-14H2,1-2H3,(H,24,29). The van der Waals surface area contributed by atoms with Crippen LogP contribution in [0.5, 0.6) is 0 Å². The quantitative estimate of drug-likeness (QED) is 0.589. The smallest absolute Gasteiger partial charge is 0.337 e. The van der Waals surface area contributed by atoms with Crippen molar-refractivity contribution in [2.75, 3.05) is 33.2 Å². The number of amides is 2. The number of hydrogen-bond donors (Lipinski definition) is 3. The van der Waals surface area contributed by atoms with Gasteiger partial charge in [-0.15, -0.1) is 0 Å². The second-order valence-electron chi connectivity index (χ2n) is 8.17. The molecule has 0 spiro atoms. The molecule has 2 aliphatic heterocycles. The maximum atomic E-state index is 13.0. The summed E-state index contributed by atoms with van der Waals surface area (Å²) in [5.41, 5.74) is 2.40. The predicted molar refractivity (Wildman–Crippen MR) is 124 cm³/mol. The van der Waals surface area contributed by atoms with Crippen LogP contribution >= 0.6 is 11.9 Å². The van der Waals surface area contributed by atoms with Gasteiger partial charge in [-0.05, 0) is 43.5 Å². The average molecular weight is 429 g/mol. The molecule has 2 amide bonds. The van der Waals surface area contributed by atoms with E-state index in [9.17, 15) is 4.79 Å². The highest BCUT2D eigenvalue weighted by atomic mass is 32.2. The number of fused-ring (bicyclic) bond motifs is 1. The molecule has 0 bridgehead atoms. The molecule has 0 radical (unpaired) electrons. The first-order valence-electron chi connectivity index (χ1n) is 10.9. The number of hydrazine groups is 1. The summed E-state index contributed by atoms with van der Waals surface area (Å²) in [6, 6.07) is 8.35. The van der Waals surface area contributed by atoms with Gasteiger partial charge in [-0.2, -0.15) is 4.83 Å². The fourth-order valence-electron chi connectivity index (χ4n) is 4.02. The molecule has 3 heterocycles. The van der Waals surface area contributed by atoms with Crippen molar-refractivity contribution in [2.45, 2.75) is 38.6 Å². The molecule has 1 unspecified atom stereocenters. The van der Waals surface area contributed by atoms with Gasteiger partial charge >= 0.3 is 6.03 Å². The van der Waals surface area contributed by atoms with Gasteiger partial charge in [0.15, 0.2) is 0 Å². The molecule has 1 atom stereocenters. The van der Waals surface area contributed by atoms with Crippen LogP contribution in [0.3, 0.4) is 0 Å². The van der Waals surface area contributed by atoms with E-state index in [-0.39, 0.29) is 12.1 Å². The van der Waals surface area contributed by atoms with E-state index in [0.717, 1.165) is 62.4 Å². The van der Waals surface area contributed by atoms with Gasteiger partial charge in [0, 0.05) is 49.3 Å². The van der Waals surface area contributed by atoms with Crippen LogP contribution in [0, 0.1) is 0 Å². The maximum absolute atomic E-state index is 13.0. The van der Waals surface area contributed by atoms with E-state index < -0.39 is 0 Å². The number of carbonyl (C=O) groups is 1. The first-order chi connectivity index (χ1) is 14.6. The Labute approximate surface area is 182 Å². The van der Waals surface area contributed by atoms with Crippen LogP contribution in [0.15, 0.2) is 41.7 Å². The fourth-order valence-corrected chi connectivity index (χ4v) is 4.82. The first-order valence-corrected chi connectivity index (χ1v) is 11.7. The number of piperazine rings is 1. The molecule has 0 saturated carbocycles. The van der Waals surface area contributed by atoms with Crippen molar-refractivity contribution in [3.8, 4) is 0 Å². The van der Waals surface area contributed by atoms with Crippen LogP contribution in [0.2, 0.25) is 0 Å². The number of likely N-dealkylation sites (N-methyl/N-ethyl adjacent to an activating group) is 1. The number of carbonyl (C=O) groups excluding carboxylic acids is 1. The van der Waals surface area contributed by atoms with Crippen LogP contribution in [-0.2, 0) is 6.42 Å². The Bertz CT molecular complexity index is 889. The highest BCUT2D eigenvalue weighted by Crippen LogP contribution is 2.26. The first kappa shape index (κ1) is 21.1. The minimum absolute atomic E-state index is 0.0902. The molecule has 162 valence electrons. The second kappa shape index (κ2) is 9.76. The lowest BCUT2D eigenvalue weighted by Gasteiger charge is -2.33. The number of benzene rings is 1. The largest absolute Gasteiger partial charge is 0.361 e. The molecule has 3 N–H and O–H groups in total. The van der Waals surface area contributed by atoms with Crippen LogP contribution < -0.4 is 10.1 Å². The van der Waals surface area contributed by atoms with Crippen molar-refractivity contribution >= 4 is 28.9 Å². The highest BCUT2D eigenvalue weighted by Gasteiger charge is 2.26. The van der Waals surface area contributed by atoms with Gasteiger partial charge in [-0.25, -0.2) is 9.80 Å². The topological polar surface area (TPSA) is 66.6 Å². The van der Waals surface area contributed by atoms with Gasteiger partial charge < -0.3 is 20.1 Å². The van der Waals surface area contributed by atoms with Crippen molar-refractivity contribution in [1.29, 1.82) is 0 Å². The number of aromatic amines is 1. The molecule has 1 aromatic carbocycles. The number of H-pyrrole nitrogens is 1. The lowest BCUT2D eigenvalue weighted by molar-refractivity contribution is 0.192. The molecule has 1 fully saturated rings. The van der Waals surface area contributed by atoms with E-state index in [1.165, 1.54) is 22.9 Å². The van der Waals surface area contributed by atoms with Gasteiger partial charge in [0.05, 0.1) is 6.20 Å². The predicted octanol–water partition coefficient (Wildman–Crippen LogP) is 3.49. The molecule has 30 heavy (non-hydrogen) atoms. The highest BCUT2D eigenvalue weighted by molar-refractivity contribution is 8.01. The Hall–Kier alpha value is -2.16. The maximum Gasteiger partial charge on any atom is 0.337 e. The lowest BCUT2D eigenvalue weighted by atomic mass is 10.0. The van der Waals surface area contributed by atoms with Crippen molar-refractivity contribution < 1.29 is 4.79 Å². The number of nitrogens with zero attached hydrogens (tertiary/aromatic N) is 3. The molecule has 2 aromatic rings. The Morgan fingerprint density at radius 1 is 1.23 bits per heavy atom. The summed E-state index contributed by atoms with van der Waals surface area (Å²) in [5.74, 6) is 0. The van der Waals surface area contributed by atoms with E-state index in [2.05, 4.69) is 63.3 Å². The van der Waals surface area contributed by atoms with Gasteiger partial charge in [0.2, 0.25) is 0 Å². The molecular formula is C22H32N6OS. The van der Waals surface area contributed by atoms with E-state index in [1.807, 2.05) is 12.3 Å². The third-order valence-corrected chi connectivity index (χ3v) is 6.76. The second-order valence-corrected chi connectivity index (χ2v) is 8.98. The van der Waals surface area contributed by atoms with Gasteiger partial charge in [-0.3, -0.25) is 0 Å². The Kier molecular flexibility index (Phi) is 6.86. The van der Waals surface area contributed by atoms with Crippen LogP contribution in [0.4, 0.5) is 4.79 Å². The number of unbranched alkanes of at least 4 members (excludes halogenated alkanes) is 1. The molecule has 2 aliphatic rings. The summed E-state index contributed by atoms with van der Waals surface area (Å²) in [4.78, 5) is 24.1. The van der Waals surface area contributed by atoms with E-state index in [4.69, 9.17) is 0 Å². The molecule has 4 rings (SSSR count). The number of aromatic nitrogens is 1. The zero-order valence-corrected chi connectivity index (χ0v) is 18.7. The normalized spacial score (nSPS) is 18.7. The number of rotatable bonds is 7. The summed E-state index contributed by atoms with van der Waals surface area (Å²) < 4.78 is 0. The summed E-state index contributed by atoms with van der Waals surface area (Å²) in [6.07, 6.45) is 8.01. The van der Waals surface area contributed by atoms with Crippen molar-refractivity contribution in [2.24, 2.45) is 0 Å². The van der Waals surface area contributed by atoms with Gasteiger partial charge in [0.1, 0.15) is 5.03 Å². The van der Waals surface area contributed by atoms with Crippen molar-refractivity contribution in [1.82, 2.24) is 29.9 Å². The molecule has 7 nitrogen and oxygen atoms in total. The summed E-state index contributed by atoms with van der Waals surface area (Å²) >= 11 is 1.52. The number of para-hydroxylation sites is 1. The summed E-state index contributed by atoms with van der Waals surface area (Å²) in [7, 11) is 2.15. The minimum atomic E-state index is -0.0902. The summed E-state index contributed by atoms with van der Waals surface area (Å²) in [5, 5.41) is 7.19. The molecule has 0 aliphatic carbocycles. The van der Waals surface area contributed by atoms with Gasteiger partial charge in [0.25, 0.3) is 0 Å². The lowest BCUT2D eigenvalue weighted by Crippen LogP contribution is -2.45. The Morgan fingerprint density at radius 2 is 2.03 bits per heavy atom. The van der Waals surface area contributed by atoms with Crippen molar-refractivity contribution in [3.05, 3.63) is 47.3 Å². The zero-order valence-electron chi connectivity index (χ0n) is 17.9. The van der Waals surface area contributed by atoms with E-state index in [1.54, 1.807) is 5.01 Å². The monoisotopic (exact) mass is 428 g/mol. The number of hydrogen-bond acceptors (Lipinski definition) is 5. The SMILES string of the molecule is CCCCC(Cc1c[nH]c2ccccc12)NC(=O)N1C=C(N2CCN(C)CC2)SN1. The van der Waals surface area contributed by atoms with E-state index in [0.29, 0.717) is 0 Å². The van der Waals surface area contributed by atoms with Crippen LogP contribution in [0.1, 0.15) is 31.7 Å². The number of urea groups is 1. The number of nitrogens with one attached hydrogen (secondary N) is 3. The molecular weight excluding hydrogens is 396 g/mol.